The minimum absolute atomic E-state index is 0.365. The summed E-state index contributed by atoms with van der Waals surface area (Å²) < 4.78 is 5.48. The molecule has 2 amide bonds. The maximum atomic E-state index is 12.6. The lowest BCUT2D eigenvalue weighted by Gasteiger charge is -2.33. The summed E-state index contributed by atoms with van der Waals surface area (Å²) in [6.07, 6.45) is 3.77. The maximum absolute atomic E-state index is 12.6. The van der Waals surface area contributed by atoms with Crippen LogP contribution in [0.2, 0.25) is 5.15 Å². The molecule has 200 valence electrons. The fourth-order valence-electron chi connectivity index (χ4n) is 4.40. The van der Waals surface area contributed by atoms with Crippen LogP contribution < -0.4 is 20.4 Å². The zero-order valence-corrected chi connectivity index (χ0v) is 23.1. The van der Waals surface area contributed by atoms with Gasteiger partial charge in [-0.05, 0) is 49.7 Å². The number of carbonyl (C=O) groups is 1. The number of morpholine rings is 1. The molecule has 5 rings (SSSR count). The third-order valence-electron chi connectivity index (χ3n) is 6.58. The van der Waals surface area contributed by atoms with E-state index in [-0.39, 0.29) is 6.03 Å². The van der Waals surface area contributed by atoms with E-state index in [9.17, 15) is 4.79 Å². The molecule has 2 aliphatic heterocycles. The van der Waals surface area contributed by atoms with Crippen molar-refractivity contribution in [3.63, 3.8) is 0 Å². The van der Waals surface area contributed by atoms with E-state index < -0.39 is 0 Å². The van der Waals surface area contributed by atoms with Crippen molar-refractivity contribution in [3.05, 3.63) is 47.7 Å². The average molecular weight is 555 g/mol. The van der Waals surface area contributed by atoms with Crippen LogP contribution in [0.25, 0.3) is 11.4 Å². The zero-order valence-electron chi connectivity index (χ0n) is 21.5. The predicted molar refractivity (Wildman–Crippen MR) is 154 cm³/mol. The highest BCUT2D eigenvalue weighted by molar-refractivity contribution is 7.98. The van der Waals surface area contributed by atoms with Crippen LogP contribution in [-0.2, 0) is 4.74 Å². The van der Waals surface area contributed by atoms with E-state index in [0.717, 1.165) is 61.2 Å². The molecule has 0 spiro atoms. The summed E-state index contributed by atoms with van der Waals surface area (Å²) in [4.78, 5) is 34.0. The summed E-state index contributed by atoms with van der Waals surface area (Å²) in [5, 5.41) is 6.06. The summed E-state index contributed by atoms with van der Waals surface area (Å²) >= 11 is 8.07. The monoisotopic (exact) mass is 554 g/mol. The van der Waals surface area contributed by atoms with E-state index in [1.165, 1.54) is 11.8 Å². The molecule has 0 aliphatic carbocycles. The Labute approximate surface area is 231 Å². The number of anilines is 4. The minimum atomic E-state index is -0.365. The number of rotatable bonds is 6. The van der Waals surface area contributed by atoms with Gasteiger partial charge in [-0.2, -0.15) is 0 Å². The molecule has 2 aromatic heterocycles. The molecule has 4 heterocycles. The van der Waals surface area contributed by atoms with E-state index in [0.29, 0.717) is 35.7 Å². The first-order valence-electron chi connectivity index (χ1n) is 12.5. The third-order valence-corrected chi connectivity index (χ3v) is 7.75. The van der Waals surface area contributed by atoms with Crippen LogP contribution in [0.1, 0.15) is 0 Å². The third kappa shape index (κ3) is 6.29. The van der Waals surface area contributed by atoms with Gasteiger partial charge in [-0.25, -0.2) is 19.7 Å². The number of urea groups is 1. The summed E-state index contributed by atoms with van der Waals surface area (Å²) in [6.45, 7) is 6.81. The summed E-state index contributed by atoms with van der Waals surface area (Å²) in [5.74, 6) is 1.85. The Kier molecular flexibility index (Phi) is 8.48. The molecule has 0 unspecified atom stereocenters. The number of ether oxygens (including phenoxy) is 1. The van der Waals surface area contributed by atoms with Gasteiger partial charge in [-0.15, -0.1) is 11.8 Å². The number of pyridine rings is 1. The Morgan fingerprint density at radius 3 is 2.34 bits per heavy atom. The number of nitrogens with zero attached hydrogens (tertiary/aromatic N) is 6. The first-order chi connectivity index (χ1) is 18.5. The van der Waals surface area contributed by atoms with Crippen molar-refractivity contribution in [2.24, 2.45) is 0 Å². The number of likely N-dealkylation sites (N-methyl/N-ethyl adjacent to an activating group) is 1. The van der Waals surface area contributed by atoms with Gasteiger partial charge in [-0.1, -0.05) is 11.6 Å². The molecular formula is C26H31ClN8O2S. The van der Waals surface area contributed by atoms with E-state index in [4.69, 9.17) is 21.3 Å². The highest BCUT2D eigenvalue weighted by Crippen LogP contribution is 2.35. The van der Waals surface area contributed by atoms with Crippen molar-refractivity contribution in [2.45, 2.75) is 4.90 Å². The standard InChI is InChI=1S/C26H31ClN8O2S/c1-33-9-11-34(12-10-33)20-7-8-21(28-17-20)30-26(36)29-19-5-3-18(4-6-19)24-31-23(27)22(38-2)25(32-24)35-13-15-37-16-14-35/h3-8,17H,9-16H2,1-2H3,(H2,28,29,30,36). The fraction of sp³-hybridized carbons (Fsp3) is 0.385. The number of hydrogen-bond donors (Lipinski definition) is 2. The maximum Gasteiger partial charge on any atom is 0.324 e. The lowest BCUT2D eigenvalue weighted by atomic mass is 10.2. The Bertz CT molecular complexity index is 1250. The van der Waals surface area contributed by atoms with E-state index in [1.807, 2.05) is 42.7 Å². The second-order valence-electron chi connectivity index (χ2n) is 9.14. The van der Waals surface area contributed by atoms with Crippen LogP contribution in [0.3, 0.4) is 0 Å². The zero-order chi connectivity index (χ0) is 26.5. The normalized spacial score (nSPS) is 16.4. The number of hydrogen-bond acceptors (Lipinski definition) is 9. The Morgan fingerprint density at radius 2 is 1.68 bits per heavy atom. The average Bonchev–Trinajstić information content (AvgIpc) is 2.94. The molecule has 2 aliphatic rings. The SMILES string of the molecule is CSc1c(Cl)nc(-c2ccc(NC(=O)Nc3ccc(N4CCN(C)CC4)cn3)cc2)nc1N1CCOCC1. The van der Waals surface area contributed by atoms with Gasteiger partial charge in [0.05, 0.1) is 30.0 Å². The topological polar surface area (TPSA) is 98.8 Å². The number of nitrogens with one attached hydrogen (secondary N) is 2. The molecule has 0 radical (unpaired) electrons. The van der Waals surface area contributed by atoms with Crippen molar-refractivity contribution in [1.82, 2.24) is 19.9 Å². The number of thioether (sulfide) groups is 1. The molecule has 12 heteroatoms. The van der Waals surface area contributed by atoms with Crippen molar-refractivity contribution in [2.75, 3.05) is 86.2 Å². The van der Waals surface area contributed by atoms with Gasteiger partial charge in [0.2, 0.25) is 0 Å². The summed E-state index contributed by atoms with van der Waals surface area (Å²) in [5.41, 5.74) is 2.51. The number of piperazine rings is 1. The van der Waals surface area contributed by atoms with Gasteiger partial charge < -0.3 is 24.8 Å². The van der Waals surface area contributed by atoms with Gasteiger partial charge in [0.15, 0.2) is 5.82 Å². The van der Waals surface area contributed by atoms with Crippen molar-refractivity contribution in [3.8, 4) is 11.4 Å². The predicted octanol–water partition coefficient (Wildman–Crippen LogP) is 4.15. The Morgan fingerprint density at radius 1 is 0.947 bits per heavy atom. The molecule has 0 bridgehead atoms. The number of benzene rings is 1. The Hall–Kier alpha value is -3.12. The first-order valence-corrected chi connectivity index (χ1v) is 14.1. The second-order valence-corrected chi connectivity index (χ2v) is 10.3. The van der Waals surface area contributed by atoms with Crippen LogP contribution in [0.15, 0.2) is 47.5 Å². The van der Waals surface area contributed by atoms with E-state index in [2.05, 4.69) is 42.3 Å². The van der Waals surface area contributed by atoms with Crippen LogP contribution in [0.4, 0.5) is 27.8 Å². The highest BCUT2D eigenvalue weighted by Gasteiger charge is 2.21. The highest BCUT2D eigenvalue weighted by atomic mass is 35.5. The molecule has 2 saturated heterocycles. The minimum Gasteiger partial charge on any atom is -0.378 e. The summed E-state index contributed by atoms with van der Waals surface area (Å²) in [6, 6.07) is 10.8. The van der Waals surface area contributed by atoms with Crippen molar-refractivity contribution in [1.29, 1.82) is 0 Å². The molecule has 1 aromatic carbocycles. The van der Waals surface area contributed by atoms with Crippen molar-refractivity contribution < 1.29 is 9.53 Å². The second kappa shape index (κ2) is 12.2. The van der Waals surface area contributed by atoms with E-state index in [1.54, 1.807) is 6.20 Å². The Balaban J connectivity index is 1.22. The lowest BCUT2D eigenvalue weighted by molar-refractivity contribution is 0.122. The number of amides is 2. The number of halogens is 1. The van der Waals surface area contributed by atoms with Crippen LogP contribution in [-0.4, -0.2) is 91.7 Å². The molecular weight excluding hydrogens is 524 g/mol. The van der Waals surface area contributed by atoms with Crippen LogP contribution >= 0.6 is 23.4 Å². The number of carbonyl (C=O) groups excluding carboxylic acids is 1. The molecule has 10 nitrogen and oxygen atoms in total. The van der Waals surface area contributed by atoms with Gasteiger partial charge in [-0.3, -0.25) is 5.32 Å². The van der Waals surface area contributed by atoms with Crippen LogP contribution in [0, 0.1) is 0 Å². The smallest absolute Gasteiger partial charge is 0.324 e. The van der Waals surface area contributed by atoms with Gasteiger partial charge >= 0.3 is 6.03 Å². The van der Waals surface area contributed by atoms with Gasteiger partial charge in [0.25, 0.3) is 0 Å². The number of aromatic nitrogens is 3. The molecule has 2 fully saturated rings. The molecule has 0 saturated carbocycles. The lowest BCUT2D eigenvalue weighted by Crippen LogP contribution is -2.44. The molecule has 38 heavy (non-hydrogen) atoms. The largest absolute Gasteiger partial charge is 0.378 e. The quantitative estimate of drug-likeness (QED) is 0.344. The molecule has 2 N–H and O–H groups in total. The van der Waals surface area contributed by atoms with E-state index >= 15 is 0 Å². The fourth-order valence-corrected chi connectivity index (χ4v) is 5.37. The van der Waals surface area contributed by atoms with Crippen LogP contribution in [0.5, 0.6) is 0 Å². The van der Waals surface area contributed by atoms with Gasteiger partial charge in [0, 0.05) is 50.5 Å². The van der Waals surface area contributed by atoms with Gasteiger partial charge in [0.1, 0.15) is 16.8 Å². The summed E-state index contributed by atoms with van der Waals surface area (Å²) in [7, 11) is 2.13. The van der Waals surface area contributed by atoms with Crippen molar-refractivity contribution >= 4 is 52.4 Å². The molecule has 3 aromatic rings. The first kappa shape index (κ1) is 26.5. The molecule has 0 atom stereocenters.